The van der Waals surface area contributed by atoms with Gasteiger partial charge in [0.2, 0.25) is 5.52 Å². The zero-order chi connectivity index (χ0) is 17.6. The Bertz CT molecular complexity index is 914. The van der Waals surface area contributed by atoms with E-state index in [2.05, 4.69) is 70.7 Å². The Morgan fingerprint density at radius 1 is 1.12 bits per heavy atom. The van der Waals surface area contributed by atoms with Crippen LogP contribution in [0.5, 0.6) is 0 Å². The smallest absolute Gasteiger partial charge is 0.231 e. The molecule has 2 heterocycles. The molecule has 0 atom stereocenters. The van der Waals surface area contributed by atoms with Crippen LogP contribution in [0, 0.1) is 26.2 Å². The average molecular weight is 340 g/mol. The van der Waals surface area contributed by atoms with Gasteiger partial charge in [-0.25, -0.2) is 4.57 Å². The number of hydrogen-bond donors (Lipinski definition) is 0. The molecule has 0 bridgehead atoms. The van der Waals surface area contributed by atoms with Crippen LogP contribution in [0.1, 0.15) is 43.0 Å². The summed E-state index contributed by atoms with van der Waals surface area (Å²) in [5, 5.41) is 2.30. The van der Waals surface area contributed by atoms with Gasteiger partial charge in [-0.3, -0.25) is 0 Å². The monoisotopic (exact) mass is 339 g/mol. The molecule has 1 aromatic carbocycles. The first kappa shape index (κ1) is 17.1. The highest BCUT2D eigenvalue weighted by molar-refractivity contribution is 7.17. The van der Waals surface area contributed by atoms with E-state index in [0.29, 0.717) is 0 Å². The third kappa shape index (κ3) is 3.10. The molecule has 0 amide bonds. The van der Waals surface area contributed by atoms with Gasteiger partial charge in [0, 0.05) is 11.1 Å². The Hall–Kier alpha value is -1.74. The molecule has 3 aromatic rings. The number of thiophene rings is 1. The van der Waals surface area contributed by atoms with Crippen molar-refractivity contribution < 1.29 is 4.57 Å². The lowest BCUT2D eigenvalue weighted by molar-refractivity contribution is -0.662. The normalized spacial score (nSPS) is 12.1. The van der Waals surface area contributed by atoms with Gasteiger partial charge in [0.15, 0.2) is 5.69 Å². The lowest BCUT2D eigenvalue weighted by atomic mass is 9.88. The van der Waals surface area contributed by atoms with Crippen molar-refractivity contribution in [2.75, 3.05) is 0 Å². The number of rotatable bonds is 2. The molecule has 0 radical (unpaired) electrons. The Balaban J connectivity index is 2.28. The topological polar surface area (TPSA) is 16.8 Å². The summed E-state index contributed by atoms with van der Waals surface area (Å²) in [6.07, 6.45) is 3.02. The zero-order valence-electron chi connectivity index (χ0n) is 15.8. The van der Waals surface area contributed by atoms with E-state index in [9.17, 15) is 0 Å². The van der Waals surface area contributed by atoms with E-state index >= 15 is 0 Å². The second kappa shape index (κ2) is 5.96. The zero-order valence-corrected chi connectivity index (χ0v) is 16.6. The first-order chi connectivity index (χ1) is 11.2. The van der Waals surface area contributed by atoms with Crippen LogP contribution in [0.3, 0.4) is 0 Å². The van der Waals surface area contributed by atoms with E-state index in [1.165, 1.54) is 43.7 Å². The van der Waals surface area contributed by atoms with Crippen LogP contribution in [0.4, 0.5) is 0 Å². The van der Waals surface area contributed by atoms with E-state index in [1.54, 1.807) is 0 Å². The van der Waals surface area contributed by atoms with Crippen molar-refractivity contribution in [3.63, 3.8) is 0 Å². The second-order valence-electron chi connectivity index (χ2n) is 8.13. The third-order valence-electron chi connectivity index (χ3n) is 4.55. The van der Waals surface area contributed by atoms with Gasteiger partial charge in [0.25, 0.3) is 6.33 Å². The molecule has 0 aliphatic heterocycles. The summed E-state index contributed by atoms with van der Waals surface area (Å²) in [5.74, 6) is 0. The van der Waals surface area contributed by atoms with Crippen LogP contribution < -0.4 is 4.57 Å². The highest BCUT2D eigenvalue weighted by atomic mass is 32.1. The molecule has 0 N–H and O–H groups in total. The number of fused-ring (bicyclic) bond motifs is 1. The van der Waals surface area contributed by atoms with Crippen LogP contribution in [0.25, 0.3) is 21.5 Å². The van der Waals surface area contributed by atoms with Crippen molar-refractivity contribution in [2.24, 2.45) is 12.5 Å². The maximum Gasteiger partial charge on any atom is 0.287 e. The molecular formula is C21H27N2S+. The van der Waals surface area contributed by atoms with Crippen LogP contribution in [0.15, 0.2) is 23.8 Å². The predicted molar refractivity (Wildman–Crippen MR) is 104 cm³/mol. The largest absolute Gasteiger partial charge is 0.287 e. The van der Waals surface area contributed by atoms with Crippen LogP contribution in [-0.4, -0.2) is 4.98 Å². The number of nitrogens with zero attached hydrogens (tertiary/aromatic N) is 2. The molecule has 3 heteroatoms. The molecule has 0 aliphatic rings. The van der Waals surface area contributed by atoms with Gasteiger partial charge >= 0.3 is 0 Å². The SMILES string of the molecule is Cc1cc(C)c(C)c(-c2c3scc(CC(C)(C)C)c3nc[n+]2C)c1. The van der Waals surface area contributed by atoms with E-state index in [-0.39, 0.29) is 5.41 Å². The third-order valence-corrected chi connectivity index (χ3v) is 5.58. The van der Waals surface area contributed by atoms with Gasteiger partial charge in [-0.05, 0) is 60.2 Å². The molecule has 0 spiro atoms. The summed E-state index contributed by atoms with van der Waals surface area (Å²) < 4.78 is 3.47. The van der Waals surface area contributed by atoms with Gasteiger partial charge in [0.1, 0.15) is 4.70 Å². The molecule has 2 nitrogen and oxygen atoms in total. The first-order valence-corrected chi connectivity index (χ1v) is 9.38. The van der Waals surface area contributed by atoms with Crippen LogP contribution in [0.2, 0.25) is 0 Å². The maximum absolute atomic E-state index is 4.76. The van der Waals surface area contributed by atoms with Crippen molar-refractivity contribution in [3.05, 3.63) is 46.1 Å². The van der Waals surface area contributed by atoms with Gasteiger partial charge in [-0.15, -0.1) is 11.3 Å². The molecular weight excluding hydrogens is 312 g/mol. The van der Waals surface area contributed by atoms with Crippen molar-refractivity contribution >= 4 is 21.6 Å². The molecule has 2 aromatic heterocycles. The molecule has 24 heavy (non-hydrogen) atoms. The van der Waals surface area contributed by atoms with Crippen molar-refractivity contribution in [3.8, 4) is 11.3 Å². The predicted octanol–water partition coefficient (Wildman–Crippen LogP) is 5.30. The first-order valence-electron chi connectivity index (χ1n) is 8.50. The quantitative estimate of drug-likeness (QED) is 0.579. The fraction of sp³-hybridized carbons (Fsp3) is 0.429. The van der Waals surface area contributed by atoms with Crippen molar-refractivity contribution in [1.29, 1.82) is 0 Å². The van der Waals surface area contributed by atoms with Crippen LogP contribution in [-0.2, 0) is 13.5 Å². The molecule has 0 fully saturated rings. The molecule has 0 saturated carbocycles. The number of aryl methyl sites for hydroxylation is 3. The lowest BCUT2D eigenvalue weighted by Gasteiger charge is -2.16. The van der Waals surface area contributed by atoms with Gasteiger partial charge in [0.05, 0.1) is 7.05 Å². The van der Waals surface area contributed by atoms with Gasteiger partial charge in [-0.2, -0.15) is 0 Å². The molecule has 0 aliphatic carbocycles. The summed E-state index contributed by atoms with van der Waals surface area (Å²) in [6, 6.07) is 4.57. The summed E-state index contributed by atoms with van der Waals surface area (Å²) in [4.78, 5) is 4.76. The molecule has 126 valence electrons. The number of aromatic nitrogens is 2. The Labute approximate surface area is 149 Å². The minimum atomic E-state index is 0.268. The van der Waals surface area contributed by atoms with E-state index in [1.807, 2.05) is 17.7 Å². The van der Waals surface area contributed by atoms with Crippen molar-refractivity contribution in [1.82, 2.24) is 4.98 Å². The minimum Gasteiger partial charge on any atom is -0.231 e. The molecule has 0 unspecified atom stereocenters. The van der Waals surface area contributed by atoms with Gasteiger partial charge < -0.3 is 0 Å². The average Bonchev–Trinajstić information content (AvgIpc) is 2.84. The Morgan fingerprint density at radius 3 is 2.50 bits per heavy atom. The number of hydrogen-bond acceptors (Lipinski definition) is 2. The van der Waals surface area contributed by atoms with Crippen LogP contribution >= 0.6 is 11.3 Å². The summed E-state index contributed by atoms with van der Waals surface area (Å²) in [6.45, 7) is 13.5. The summed E-state index contributed by atoms with van der Waals surface area (Å²) in [5.41, 5.74) is 9.43. The summed E-state index contributed by atoms with van der Waals surface area (Å²) >= 11 is 1.83. The maximum atomic E-state index is 4.76. The summed E-state index contributed by atoms with van der Waals surface area (Å²) in [7, 11) is 2.10. The minimum absolute atomic E-state index is 0.268. The van der Waals surface area contributed by atoms with E-state index in [4.69, 9.17) is 4.98 Å². The van der Waals surface area contributed by atoms with E-state index < -0.39 is 0 Å². The highest BCUT2D eigenvalue weighted by Gasteiger charge is 2.23. The molecule has 0 saturated heterocycles. The highest BCUT2D eigenvalue weighted by Crippen LogP contribution is 2.36. The van der Waals surface area contributed by atoms with Gasteiger partial charge in [-0.1, -0.05) is 32.4 Å². The van der Waals surface area contributed by atoms with Crippen molar-refractivity contribution in [2.45, 2.75) is 48.0 Å². The Kier molecular flexibility index (Phi) is 4.25. The number of benzene rings is 1. The lowest BCUT2D eigenvalue weighted by Crippen LogP contribution is -2.31. The molecule has 3 rings (SSSR count). The Morgan fingerprint density at radius 2 is 1.83 bits per heavy atom. The fourth-order valence-electron chi connectivity index (χ4n) is 3.35. The fourth-order valence-corrected chi connectivity index (χ4v) is 4.47. The standard InChI is InChI=1S/C21H27N2S/c1-13-8-14(2)15(3)17(9-13)19-20-18(22-12-23(19)7)16(11-24-20)10-21(4,5)6/h8-9,11-12H,10H2,1-7H3/q+1. The second-order valence-corrected chi connectivity index (χ2v) is 9.01. The van der Waals surface area contributed by atoms with E-state index in [0.717, 1.165) is 6.42 Å².